The smallest absolute Gasteiger partial charge is 0.290 e. The number of amides is 1. The third kappa shape index (κ3) is 3.45. The van der Waals surface area contributed by atoms with E-state index in [9.17, 15) is 23.3 Å². The molecule has 1 heterocycles. The Bertz CT molecular complexity index is 706. The van der Waals surface area contributed by atoms with E-state index >= 15 is 0 Å². The molecular weight excluding hydrogens is 343 g/mol. The highest BCUT2D eigenvalue weighted by Gasteiger charge is 2.28. The van der Waals surface area contributed by atoms with Crippen LogP contribution in [0.1, 0.15) is 10.4 Å². The van der Waals surface area contributed by atoms with Gasteiger partial charge in [0.25, 0.3) is 11.6 Å². The number of rotatable bonds is 2. The molecule has 0 spiro atoms. The first-order valence-corrected chi connectivity index (χ1v) is 8.42. The molecule has 0 N–H and O–H groups in total. The molecule has 1 aromatic carbocycles. The van der Waals surface area contributed by atoms with Crippen molar-refractivity contribution in [2.24, 2.45) is 0 Å². The van der Waals surface area contributed by atoms with Crippen LogP contribution in [0.25, 0.3) is 0 Å². The molecule has 0 radical (unpaired) electrons. The number of halogens is 2. The van der Waals surface area contributed by atoms with Crippen molar-refractivity contribution in [2.75, 3.05) is 24.6 Å². The van der Waals surface area contributed by atoms with Crippen LogP contribution in [0.2, 0.25) is 10.0 Å². The topological polar surface area (TPSA) is 97.6 Å². The van der Waals surface area contributed by atoms with Gasteiger partial charge in [0.1, 0.15) is 5.02 Å². The minimum atomic E-state index is -3.12. The number of hydrogen-bond acceptors (Lipinski definition) is 5. The van der Waals surface area contributed by atoms with Gasteiger partial charge in [-0.15, -0.1) is 0 Å². The van der Waals surface area contributed by atoms with Crippen molar-refractivity contribution < 1.29 is 18.1 Å². The van der Waals surface area contributed by atoms with E-state index in [-0.39, 0.29) is 40.2 Å². The first-order chi connectivity index (χ1) is 9.71. The zero-order chi connectivity index (χ0) is 15.8. The van der Waals surface area contributed by atoms with Crippen LogP contribution >= 0.6 is 23.2 Å². The molecule has 1 aliphatic rings. The van der Waals surface area contributed by atoms with Gasteiger partial charge in [-0.2, -0.15) is 0 Å². The first-order valence-electron chi connectivity index (χ1n) is 5.84. The highest BCUT2D eigenvalue weighted by molar-refractivity contribution is 7.91. The number of sulfone groups is 1. The van der Waals surface area contributed by atoms with E-state index in [1.165, 1.54) is 11.0 Å². The zero-order valence-electron chi connectivity index (χ0n) is 10.6. The molecule has 1 aliphatic heterocycles. The van der Waals surface area contributed by atoms with Gasteiger partial charge in [-0.1, -0.05) is 23.2 Å². The molecule has 21 heavy (non-hydrogen) atoms. The minimum Gasteiger partial charge on any atom is -0.337 e. The standard InChI is InChI=1S/C11H10Cl2N2O5S/c12-8-5-7(6-9(10(8)13)15(17)18)11(16)14-1-3-21(19,20)4-2-14/h5-6H,1-4H2. The molecule has 114 valence electrons. The largest absolute Gasteiger partial charge is 0.337 e. The lowest BCUT2D eigenvalue weighted by Gasteiger charge is -2.26. The monoisotopic (exact) mass is 352 g/mol. The molecule has 0 saturated carbocycles. The highest BCUT2D eigenvalue weighted by Crippen LogP contribution is 2.33. The Morgan fingerprint density at radius 2 is 1.81 bits per heavy atom. The summed E-state index contributed by atoms with van der Waals surface area (Å²) in [5, 5.41) is 10.5. The summed E-state index contributed by atoms with van der Waals surface area (Å²) >= 11 is 11.5. The molecule has 0 unspecified atom stereocenters. The van der Waals surface area contributed by atoms with E-state index in [0.717, 1.165) is 6.07 Å². The second kappa shape index (κ2) is 5.78. The maximum Gasteiger partial charge on any atom is 0.290 e. The zero-order valence-corrected chi connectivity index (χ0v) is 12.9. The minimum absolute atomic E-state index is 0.00963. The van der Waals surface area contributed by atoms with Crippen LogP contribution in [-0.4, -0.2) is 48.7 Å². The lowest BCUT2D eigenvalue weighted by atomic mass is 10.1. The quantitative estimate of drug-likeness (QED) is 0.596. The summed E-state index contributed by atoms with van der Waals surface area (Å²) in [6.07, 6.45) is 0. The summed E-state index contributed by atoms with van der Waals surface area (Å²) in [6.45, 7) is 0.102. The maximum absolute atomic E-state index is 12.3. The van der Waals surface area contributed by atoms with Gasteiger partial charge >= 0.3 is 0 Å². The Labute approximate surface area is 130 Å². The fourth-order valence-corrected chi connectivity index (χ4v) is 3.52. The number of nitro benzene ring substituents is 1. The van der Waals surface area contributed by atoms with Crippen molar-refractivity contribution in [1.29, 1.82) is 0 Å². The van der Waals surface area contributed by atoms with Gasteiger partial charge in [-0.25, -0.2) is 8.42 Å². The van der Waals surface area contributed by atoms with Gasteiger partial charge in [-0.3, -0.25) is 14.9 Å². The summed E-state index contributed by atoms with van der Waals surface area (Å²) < 4.78 is 22.7. The third-order valence-electron chi connectivity index (χ3n) is 3.08. The number of carbonyl (C=O) groups excluding carboxylic acids is 1. The van der Waals surface area contributed by atoms with E-state index < -0.39 is 26.4 Å². The second-order valence-electron chi connectivity index (χ2n) is 4.49. The molecule has 1 amide bonds. The van der Waals surface area contributed by atoms with Crippen LogP contribution in [0, 0.1) is 10.1 Å². The van der Waals surface area contributed by atoms with Crippen LogP contribution < -0.4 is 0 Å². The normalized spacial score (nSPS) is 17.5. The lowest BCUT2D eigenvalue weighted by Crippen LogP contribution is -2.43. The molecule has 10 heteroatoms. The Morgan fingerprint density at radius 3 is 2.33 bits per heavy atom. The molecular formula is C11H10Cl2N2O5S. The average Bonchev–Trinajstić information content (AvgIpc) is 2.40. The van der Waals surface area contributed by atoms with Gasteiger partial charge in [0.15, 0.2) is 9.84 Å². The van der Waals surface area contributed by atoms with E-state index in [1.807, 2.05) is 0 Å². The highest BCUT2D eigenvalue weighted by atomic mass is 35.5. The second-order valence-corrected chi connectivity index (χ2v) is 7.58. The summed E-state index contributed by atoms with van der Waals surface area (Å²) in [4.78, 5) is 23.7. The molecule has 1 aromatic rings. The van der Waals surface area contributed by atoms with Crippen LogP contribution in [0.5, 0.6) is 0 Å². The molecule has 7 nitrogen and oxygen atoms in total. The molecule has 1 fully saturated rings. The van der Waals surface area contributed by atoms with Gasteiger partial charge < -0.3 is 4.90 Å². The summed E-state index contributed by atoms with van der Waals surface area (Å²) in [6, 6.07) is 2.28. The van der Waals surface area contributed by atoms with Crippen molar-refractivity contribution in [2.45, 2.75) is 0 Å². The predicted octanol–water partition coefficient (Wildman–Crippen LogP) is 1.77. The fourth-order valence-electron chi connectivity index (χ4n) is 1.93. The van der Waals surface area contributed by atoms with Gasteiger partial charge in [0.05, 0.1) is 21.5 Å². The Hall–Kier alpha value is -1.38. The van der Waals surface area contributed by atoms with Crippen molar-refractivity contribution in [3.63, 3.8) is 0 Å². The number of hydrogen-bond donors (Lipinski definition) is 0. The van der Waals surface area contributed by atoms with Gasteiger partial charge in [-0.05, 0) is 6.07 Å². The first kappa shape index (κ1) is 16.0. The molecule has 0 aromatic heterocycles. The lowest BCUT2D eigenvalue weighted by molar-refractivity contribution is -0.384. The van der Waals surface area contributed by atoms with Crippen molar-refractivity contribution in [3.05, 3.63) is 37.9 Å². The number of carbonyl (C=O) groups is 1. The fraction of sp³-hybridized carbons (Fsp3) is 0.364. The number of nitrogens with zero attached hydrogens (tertiary/aromatic N) is 2. The van der Waals surface area contributed by atoms with Crippen LogP contribution in [-0.2, 0) is 9.84 Å². The van der Waals surface area contributed by atoms with E-state index in [4.69, 9.17) is 23.2 Å². The summed E-state index contributed by atoms with van der Waals surface area (Å²) in [5.41, 5.74) is -0.451. The summed E-state index contributed by atoms with van der Waals surface area (Å²) in [7, 11) is -3.12. The van der Waals surface area contributed by atoms with E-state index in [2.05, 4.69) is 0 Å². The SMILES string of the molecule is O=C(c1cc(Cl)c(Cl)c([N+](=O)[O-])c1)N1CCS(=O)(=O)CC1. The van der Waals surface area contributed by atoms with Crippen molar-refractivity contribution in [3.8, 4) is 0 Å². The molecule has 0 atom stereocenters. The Kier molecular flexibility index (Phi) is 4.40. The molecule has 0 aliphatic carbocycles. The van der Waals surface area contributed by atoms with Crippen LogP contribution in [0.15, 0.2) is 12.1 Å². The average molecular weight is 353 g/mol. The maximum atomic E-state index is 12.3. The van der Waals surface area contributed by atoms with Gasteiger partial charge in [0.2, 0.25) is 0 Å². The van der Waals surface area contributed by atoms with E-state index in [0.29, 0.717) is 0 Å². The van der Waals surface area contributed by atoms with Crippen molar-refractivity contribution >= 4 is 44.6 Å². The molecule has 2 rings (SSSR count). The number of benzene rings is 1. The van der Waals surface area contributed by atoms with E-state index in [1.54, 1.807) is 0 Å². The molecule has 1 saturated heterocycles. The van der Waals surface area contributed by atoms with Crippen LogP contribution in [0.3, 0.4) is 0 Å². The molecule has 0 bridgehead atoms. The Balaban J connectivity index is 2.30. The third-order valence-corrected chi connectivity index (χ3v) is 5.49. The number of nitro groups is 1. The Morgan fingerprint density at radius 1 is 1.24 bits per heavy atom. The summed E-state index contributed by atoms with van der Waals surface area (Å²) in [5.74, 6) is -0.754. The van der Waals surface area contributed by atoms with Gasteiger partial charge in [0, 0.05) is 24.7 Å². The van der Waals surface area contributed by atoms with Crippen molar-refractivity contribution in [1.82, 2.24) is 4.90 Å². The predicted molar refractivity (Wildman–Crippen MR) is 77.7 cm³/mol. The van der Waals surface area contributed by atoms with Crippen LogP contribution in [0.4, 0.5) is 5.69 Å².